The van der Waals surface area contributed by atoms with Crippen LogP contribution in [0.15, 0.2) is 71.2 Å². The molecular formula is C30H35BrN2O3. The van der Waals surface area contributed by atoms with Gasteiger partial charge >= 0.3 is 0 Å². The first kappa shape index (κ1) is 27.5. The number of benzene rings is 3. The fraction of sp³-hybridized carbons (Fsp3) is 0.333. The van der Waals surface area contributed by atoms with E-state index in [0.29, 0.717) is 25.3 Å². The maximum Gasteiger partial charge on any atom is 0.261 e. The predicted octanol–water partition coefficient (Wildman–Crippen LogP) is 5.92. The quantitative estimate of drug-likeness (QED) is 0.322. The van der Waals surface area contributed by atoms with Crippen LogP contribution in [-0.2, 0) is 22.6 Å². The van der Waals surface area contributed by atoms with Gasteiger partial charge in [0, 0.05) is 24.0 Å². The van der Waals surface area contributed by atoms with E-state index in [2.05, 4.69) is 27.3 Å². The minimum absolute atomic E-state index is 0.146. The Kier molecular flexibility index (Phi) is 10.1. The van der Waals surface area contributed by atoms with Crippen LogP contribution in [0.3, 0.4) is 0 Å². The molecule has 3 rings (SSSR count). The van der Waals surface area contributed by atoms with E-state index < -0.39 is 6.04 Å². The Balaban J connectivity index is 1.91. The Labute approximate surface area is 223 Å². The number of amides is 2. The summed E-state index contributed by atoms with van der Waals surface area (Å²) in [5.74, 6) is 0.303. The normalized spacial score (nSPS) is 11.6. The highest BCUT2D eigenvalue weighted by Gasteiger charge is 2.30. The number of halogens is 1. The number of rotatable bonds is 11. The maximum atomic E-state index is 13.7. The highest BCUT2D eigenvalue weighted by atomic mass is 79.9. The van der Waals surface area contributed by atoms with Crippen LogP contribution in [0.2, 0.25) is 0 Å². The molecule has 6 heteroatoms. The van der Waals surface area contributed by atoms with Crippen LogP contribution >= 0.6 is 15.9 Å². The fourth-order valence-electron chi connectivity index (χ4n) is 4.08. The number of carbonyl (C=O) groups excluding carboxylic acids is 2. The van der Waals surface area contributed by atoms with Crippen LogP contribution in [0.1, 0.15) is 41.2 Å². The second-order valence-electron chi connectivity index (χ2n) is 9.14. The van der Waals surface area contributed by atoms with Gasteiger partial charge in [0.15, 0.2) is 6.61 Å². The van der Waals surface area contributed by atoms with Crippen LogP contribution in [0, 0.1) is 20.8 Å². The molecule has 0 unspecified atom stereocenters. The molecule has 1 N–H and O–H groups in total. The molecule has 0 fully saturated rings. The van der Waals surface area contributed by atoms with Crippen molar-refractivity contribution in [2.75, 3.05) is 13.2 Å². The molecular weight excluding hydrogens is 516 g/mol. The fourth-order valence-corrected chi connectivity index (χ4v) is 4.34. The second kappa shape index (κ2) is 13.3. The first-order valence-electron chi connectivity index (χ1n) is 12.3. The molecule has 0 aromatic heterocycles. The highest BCUT2D eigenvalue weighted by Crippen LogP contribution is 2.24. The summed E-state index contributed by atoms with van der Waals surface area (Å²) in [6, 6.07) is 21.0. The Morgan fingerprint density at radius 1 is 0.972 bits per heavy atom. The average molecular weight is 552 g/mol. The minimum Gasteiger partial charge on any atom is -0.483 e. The average Bonchev–Trinajstić information content (AvgIpc) is 2.87. The second-order valence-corrected chi connectivity index (χ2v) is 10.1. The van der Waals surface area contributed by atoms with Crippen molar-refractivity contribution in [1.29, 1.82) is 0 Å². The Hall–Kier alpha value is -3.12. The first-order chi connectivity index (χ1) is 17.3. The lowest BCUT2D eigenvalue weighted by Crippen LogP contribution is -2.51. The van der Waals surface area contributed by atoms with E-state index in [-0.39, 0.29) is 18.4 Å². The summed E-state index contributed by atoms with van der Waals surface area (Å²) in [7, 11) is 0. The number of aryl methyl sites for hydroxylation is 2. The third-order valence-electron chi connectivity index (χ3n) is 6.20. The Morgan fingerprint density at radius 3 is 2.33 bits per heavy atom. The molecule has 0 heterocycles. The van der Waals surface area contributed by atoms with Crippen molar-refractivity contribution < 1.29 is 14.3 Å². The monoisotopic (exact) mass is 550 g/mol. The number of hydrogen-bond donors (Lipinski definition) is 1. The Bertz CT molecular complexity index is 1160. The molecule has 5 nitrogen and oxygen atoms in total. The van der Waals surface area contributed by atoms with E-state index in [1.165, 1.54) is 0 Å². The van der Waals surface area contributed by atoms with E-state index in [1.54, 1.807) is 4.90 Å². The van der Waals surface area contributed by atoms with Gasteiger partial charge < -0.3 is 15.0 Å². The summed E-state index contributed by atoms with van der Waals surface area (Å²) in [5.41, 5.74) is 5.14. The van der Waals surface area contributed by atoms with Crippen LogP contribution in [0.25, 0.3) is 0 Å². The van der Waals surface area contributed by atoms with Gasteiger partial charge in [-0.15, -0.1) is 0 Å². The third kappa shape index (κ3) is 7.69. The van der Waals surface area contributed by atoms with E-state index in [4.69, 9.17) is 4.74 Å². The number of carbonyl (C=O) groups is 2. The third-order valence-corrected chi connectivity index (χ3v) is 6.73. The predicted molar refractivity (Wildman–Crippen MR) is 148 cm³/mol. The minimum atomic E-state index is -0.668. The molecule has 1 atom stereocenters. The van der Waals surface area contributed by atoms with Gasteiger partial charge in [-0.1, -0.05) is 71.4 Å². The molecule has 0 saturated heterocycles. The van der Waals surface area contributed by atoms with Gasteiger partial charge in [0.25, 0.3) is 5.91 Å². The van der Waals surface area contributed by atoms with Crippen molar-refractivity contribution in [2.45, 2.75) is 53.1 Å². The van der Waals surface area contributed by atoms with E-state index in [9.17, 15) is 9.59 Å². The van der Waals surface area contributed by atoms with Gasteiger partial charge in [0.2, 0.25) is 5.91 Å². The Morgan fingerprint density at radius 2 is 1.67 bits per heavy atom. The molecule has 0 aliphatic heterocycles. The smallest absolute Gasteiger partial charge is 0.261 e. The van der Waals surface area contributed by atoms with Crippen LogP contribution in [0.5, 0.6) is 5.75 Å². The summed E-state index contributed by atoms with van der Waals surface area (Å²) in [6.45, 7) is 8.76. The summed E-state index contributed by atoms with van der Waals surface area (Å²) < 4.78 is 6.99. The summed E-state index contributed by atoms with van der Waals surface area (Å²) in [5, 5.41) is 3.00. The molecule has 0 aliphatic carbocycles. The number of nitrogens with one attached hydrogen (secondary N) is 1. The number of ether oxygens (including phenoxy) is 1. The van der Waals surface area contributed by atoms with Crippen molar-refractivity contribution in [2.24, 2.45) is 0 Å². The zero-order valence-corrected chi connectivity index (χ0v) is 23.1. The molecule has 3 aromatic rings. The topological polar surface area (TPSA) is 58.6 Å². The largest absolute Gasteiger partial charge is 0.483 e. The van der Waals surface area contributed by atoms with Crippen molar-refractivity contribution in [1.82, 2.24) is 10.2 Å². The van der Waals surface area contributed by atoms with Gasteiger partial charge in [-0.25, -0.2) is 0 Å². The van der Waals surface area contributed by atoms with Gasteiger partial charge in [0.05, 0.1) is 0 Å². The number of nitrogens with zero attached hydrogens (tertiary/aromatic N) is 1. The summed E-state index contributed by atoms with van der Waals surface area (Å²) in [4.78, 5) is 28.7. The van der Waals surface area contributed by atoms with Crippen molar-refractivity contribution in [3.05, 3.63) is 99.0 Å². The van der Waals surface area contributed by atoms with Crippen molar-refractivity contribution in [3.8, 4) is 5.75 Å². The van der Waals surface area contributed by atoms with Crippen molar-refractivity contribution >= 4 is 27.7 Å². The lowest BCUT2D eigenvalue weighted by molar-refractivity contribution is -0.142. The van der Waals surface area contributed by atoms with Crippen molar-refractivity contribution in [3.63, 3.8) is 0 Å². The van der Waals surface area contributed by atoms with Gasteiger partial charge in [-0.05, 0) is 73.2 Å². The zero-order valence-electron chi connectivity index (χ0n) is 21.5. The molecule has 0 aliphatic rings. The van der Waals surface area contributed by atoms with E-state index >= 15 is 0 Å². The van der Waals surface area contributed by atoms with Gasteiger partial charge in [0.1, 0.15) is 11.8 Å². The molecule has 190 valence electrons. The molecule has 0 radical (unpaired) electrons. The van der Waals surface area contributed by atoms with Crippen LogP contribution < -0.4 is 10.1 Å². The zero-order chi connectivity index (χ0) is 26.1. The molecule has 3 aromatic carbocycles. The molecule has 36 heavy (non-hydrogen) atoms. The molecule has 0 spiro atoms. The van der Waals surface area contributed by atoms with E-state index in [0.717, 1.165) is 38.7 Å². The molecule has 0 saturated carbocycles. The van der Waals surface area contributed by atoms with Crippen LogP contribution in [-0.4, -0.2) is 35.9 Å². The lowest BCUT2D eigenvalue weighted by atomic mass is 10.0. The first-order valence-corrected chi connectivity index (χ1v) is 13.1. The summed E-state index contributed by atoms with van der Waals surface area (Å²) >= 11 is 3.47. The SMILES string of the molecule is CCCNC(=O)[C@@H](Cc1ccccc1)N(Cc1ccc(Br)cc1)C(=O)COc1cc(C)cc(C)c1C. The highest BCUT2D eigenvalue weighted by molar-refractivity contribution is 9.10. The van der Waals surface area contributed by atoms with Gasteiger partial charge in [-0.3, -0.25) is 9.59 Å². The molecule has 0 bridgehead atoms. The number of hydrogen-bond acceptors (Lipinski definition) is 3. The molecule has 2 amide bonds. The maximum absolute atomic E-state index is 13.7. The summed E-state index contributed by atoms with van der Waals surface area (Å²) in [6.07, 6.45) is 1.24. The standard InChI is InChI=1S/C30H35BrN2O3/c1-5-15-32-30(35)27(18-24-9-7-6-8-10-24)33(19-25-11-13-26(31)14-12-25)29(34)20-36-28-17-21(2)16-22(3)23(28)4/h6-14,16-17,27H,5,15,18-20H2,1-4H3,(H,32,35)/t27-/m1/s1. The van der Waals surface area contributed by atoms with Gasteiger partial charge in [-0.2, -0.15) is 0 Å². The lowest BCUT2D eigenvalue weighted by Gasteiger charge is -2.31. The van der Waals surface area contributed by atoms with Crippen LogP contribution in [0.4, 0.5) is 0 Å². The van der Waals surface area contributed by atoms with E-state index in [1.807, 2.05) is 88.4 Å².